The van der Waals surface area contributed by atoms with E-state index in [1.807, 2.05) is 6.07 Å². The molecule has 4 nitrogen and oxygen atoms in total. The van der Waals surface area contributed by atoms with Crippen LogP contribution in [0.2, 0.25) is 0 Å². The van der Waals surface area contributed by atoms with Gasteiger partial charge in [0, 0.05) is 11.8 Å². The van der Waals surface area contributed by atoms with E-state index in [2.05, 4.69) is 39.0 Å². The summed E-state index contributed by atoms with van der Waals surface area (Å²) in [6, 6.07) is 11.1. The molecule has 5 heteroatoms. The number of thioether (sulfide) groups is 1. The summed E-state index contributed by atoms with van der Waals surface area (Å²) in [5, 5.41) is 9.49. The molecule has 0 amide bonds. The van der Waals surface area contributed by atoms with Gasteiger partial charge in [0.1, 0.15) is 5.82 Å². The molecule has 1 aromatic heterocycles. The fraction of sp³-hybridized carbons (Fsp3) is 0.429. The first-order chi connectivity index (χ1) is 9.38. The SMILES string of the molecule is NCc1nnc(SCCc2ccccc2)n1C1CC1. The molecule has 2 N–H and O–H groups in total. The van der Waals surface area contributed by atoms with Crippen molar-refractivity contribution in [3.05, 3.63) is 41.7 Å². The molecule has 1 fully saturated rings. The van der Waals surface area contributed by atoms with Crippen molar-refractivity contribution in [2.24, 2.45) is 5.73 Å². The summed E-state index contributed by atoms with van der Waals surface area (Å²) in [7, 11) is 0. The first kappa shape index (κ1) is 12.7. The molecular weight excluding hydrogens is 256 g/mol. The fourth-order valence-electron chi connectivity index (χ4n) is 2.15. The zero-order chi connectivity index (χ0) is 13.1. The Bertz CT molecular complexity index is 534. The summed E-state index contributed by atoms with van der Waals surface area (Å²) in [5.41, 5.74) is 7.08. The predicted octanol–water partition coefficient (Wildman–Crippen LogP) is 2.41. The Morgan fingerprint density at radius 1 is 1.21 bits per heavy atom. The van der Waals surface area contributed by atoms with Gasteiger partial charge in [-0.2, -0.15) is 0 Å². The van der Waals surface area contributed by atoms with E-state index in [1.165, 1.54) is 18.4 Å². The summed E-state index contributed by atoms with van der Waals surface area (Å²) < 4.78 is 2.23. The van der Waals surface area contributed by atoms with Crippen LogP contribution < -0.4 is 5.73 Å². The van der Waals surface area contributed by atoms with Gasteiger partial charge in [-0.05, 0) is 24.8 Å². The van der Waals surface area contributed by atoms with E-state index in [4.69, 9.17) is 5.73 Å². The minimum absolute atomic E-state index is 0.475. The van der Waals surface area contributed by atoms with Crippen LogP contribution in [0.3, 0.4) is 0 Å². The van der Waals surface area contributed by atoms with Gasteiger partial charge in [0.25, 0.3) is 0 Å². The van der Waals surface area contributed by atoms with Crippen LogP contribution in [0.4, 0.5) is 0 Å². The van der Waals surface area contributed by atoms with Gasteiger partial charge in [0.05, 0.1) is 6.54 Å². The second kappa shape index (κ2) is 5.75. The van der Waals surface area contributed by atoms with Crippen molar-refractivity contribution in [1.82, 2.24) is 14.8 Å². The topological polar surface area (TPSA) is 56.7 Å². The molecule has 1 aromatic carbocycles. The number of hydrogen-bond acceptors (Lipinski definition) is 4. The molecule has 0 saturated heterocycles. The number of rotatable bonds is 6. The molecule has 100 valence electrons. The van der Waals surface area contributed by atoms with Gasteiger partial charge in [-0.25, -0.2) is 0 Å². The number of nitrogens with two attached hydrogens (primary N) is 1. The Balaban J connectivity index is 1.62. The predicted molar refractivity (Wildman–Crippen MR) is 77.1 cm³/mol. The van der Waals surface area contributed by atoms with Gasteiger partial charge in [-0.15, -0.1) is 10.2 Å². The monoisotopic (exact) mass is 274 g/mol. The van der Waals surface area contributed by atoms with Crippen LogP contribution >= 0.6 is 11.8 Å². The maximum Gasteiger partial charge on any atom is 0.191 e. The largest absolute Gasteiger partial charge is 0.324 e. The molecule has 2 aromatic rings. The highest BCUT2D eigenvalue weighted by Crippen LogP contribution is 2.38. The van der Waals surface area contributed by atoms with Crippen molar-refractivity contribution in [3.63, 3.8) is 0 Å². The molecule has 1 saturated carbocycles. The minimum atomic E-state index is 0.475. The van der Waals surface area contributed by atoms with Crippen molar-refractivity contribution in [1.29, 1.82) is 0 Å². The average molecular weight is 274 g/mol. The quantitative estimate of drug-likeness (QED) is 0.822. The van der Waals surface area contributed by atoms with Crippen LogP contribution in [0.5, 0.6) is 0 Å². The number of aryl methyl sites for hydroxylation is 1. The maximum absolute atomic E-state index is 5.72. The lowest BCUT2D eigenvalue weighted by Gasteiger charge is -2.07. The number of aromatic nitrogens is 3. The van der Waals surface area contributed by atoms with E-state index in [-0.39, 0.29) is 0 Å². The van der Waals surface area contributed by atoms with Gasteiger partial charge in [0.15, 0.2) is 5.16 Å². The molecule has 0 aliphatic heterocycles. The molecule has 0 spiro atoms. The minimum Gasteiger partial charge on any atom is -0.324 e. The Labute approximate surface area is 117 Å². The Hall–Kier alpha value is -1.33. The molecule has 0 radical (unpaired) electrons. The molecule has 0 bridgehead atoms. The normalized spacial score (nSPS) is 14.8. The third-order valence-electron chi connectivity index (χ3n) is 3.29. The van der Waals surface area contributed by atoms with Crippen LogP contribution in [-0.2, 0) is 13.0 Å². The second-order valence-corrected chi connectivity index (χ2v) is 5.85. The van der Waals surface area contributed by atoms with Gasteiger partial charge in [-0.3, -0.25) is 0 Å². The number of hydrogen-bond donors (Lipinski definition) is 1. The van der Waals surface area contributed by atoms with Crippen LogP contribution in [0.15, 0.2) is 35.5 Å². The van der Waals surface area contributed by atoms with Crippen LogP contribution in [0.1, 0.15) is 30.3 Å². The fourth-order valence-corrected chi connectivity index (χ4v) is 3.16. The smallest absolute Gasteiger partial charge is 0.191 e. The lowest BCUT2D eigenvalue weighted by molar-refractivity contribution is 0.626. The van der Waals surface area contributed by atoms with E-state index in [1.54, 1.807) is 11.8 Å². The van der Waals surface area contributed by atoms with Crippen molar-refractivity contribution in [3.8, 4) is 0 Å². The highest BCUT2D eigenvalue weighted by molar-refractivity contribution is 7.99. The standard InChI is InChI=1S/C14H18N4S/c15-10-13-16-17-14(18(13)12-6-7-12)19-9-8-11-4-2-1-3-5-11/h1-5,12H,6-10,15H2. The van der Waals surface area contributed by atoms with Crippen molar-refractivity contribution in [2.75, 3.05) is 5.75 Å². The lowest BCUT2D eigenvalue weighted by atomic mass is 10.2. The maximum atomic E-state index is 5.72. The van der Waals surface area contributed by atoms with Gasteiger partial charge in [-0.1, -0.05) is 42.1 Å². The molecule has 0 atom stereocenters. The van der Waals surface area contributed by atoms with Crippen molar-refractivity contribution < 1.29 is 0 Å². The molecule has 1 heterocycles. The van der Waals surface area contributed by atoms with Crippen molar-refractivity contribution >= 4 is 11.8 Å². The van der Waals surface area contributed by atoms with Crippen LogP contribution in [0, 0.1) is 0 Å². The molecule has 19 heavy (non-hydrogen) atoms. The lowest BCUT2D eigenvalue weighted by Crippen LogP contribution is -2.08. The van der Waals surface area contributed by atoms with E-state index in [9.17, 15) is 0 Å². The van der Waals surface area contributed by atoms with Gasteiger partial charge < -0.3 is 10.3 Å². The van der Waals surface area contributed by atoms with Gasteiger partial charge in [0.2, 0.25) is 0 Å². The molecule has 1 aliphatic rings. The second-order valence-electron chi connectivity index (χ2n) is 4.79. The van der Waals surface area contributed by atoms with E-state index in [0.717, 1.165) is 23.2 Å². The number of nitrogens with zero attached hydrogens (tertiary/aromatic N) is 3. The first-order valence-electron chi connectivity index (χ1n) is 6.69. The zero-order valence-electron chi connectivity index (χ0n) is 10.8. The third-order valence-corrected chi connectivity index (χ3v) is 4.24. The van der Waals surface area contributed by atoms with Gasteiger partial charge >= 0.3 is 0 Å². The zero-order valence-corrected chi connectivity index (χ0v) is 11.6. The summed E-state index contributed by atoms with van der Waals surface area (Å²) >= 11 is 1.78. The number of benzene rings is 1. The van der Waals surface area contributed by atoms with E-state index >= 15 is 0 Å². The van der Waals surface area contributed by atoms with Crippen molar-refractivity contribution in [2.45, 2.75) is 37.0 Å². The molecular formula is C14H18N4S. The summed E-state index contributed by atoms with van der Waals surface area (Å²) in [6.45, 7) is 0.475. The summed E-state index contributed by atoms with van der Waals surface area (Å²) in [4.78, 5) is 0. The molecule has 1 aliphatic carbocycles. The van der Waals surface area contributed by atoms with E-state index < -0.39 is 0 Å². The molecule has 0 unspecified atom stereocenters. The Kier molecular flexibility index (Phi) is 3.84. The van der Waals surface area contributed by atoms with Crippen LogP contribution in [-0.4, -0.2) is 20.5 Å². The summed E-state index contributed by atoms with van der Waals surface area (Å²) in [5.74, 6) is 1.95. The third kappa shape index (κ3) is 2.98. The average Bonchev–Trinajstić information content (AvgIpc) is 3.21. The molecule has 3 rings (SSSR count). The Morgan fingerprint density at radius 2 is 2.00 bits per heavy atom. The van der Waals surface area contributed by atoms with E-state index in [0.29, 0.717) is 12.6 Å². The summed E-state index contributed by atoms with van der Waals surface area (Å²) in [6.07, 6.45) is 3.52. The highest BCUT2D eigenvalue weighted by atomic mass is 32.2. The first-order valence-corrected chi connectivity index (χ1v) is 7.67. The highest BCUT2D eigenvalue weighted by Gasteiger charge is 2.28. The van der Waals surface area contributed by atoms with Crippen LogP contribution in [0.25, 0.3) is 0 Å². The Morgan fingerprint density at radius 3 is 2.68 bits per heavy atom.